The number of hydrogen-bond acceptors (Lipinski definition) is 3. The van der Waals surface area contributed by atoms with Crippen LogP contribution in [0.5, 0.6) is 0 Å². The molecule has 0 aliphatic carbocycles. The van der Waals surface area contributed by atoms with Crippen LogP contribution in [-0.4, -0.2) is 15.0 Å². The molecule has 0 bridgehead atoms. The molecule has 0 fully saturated rings. The van der Waals surface area contributed by atoms with E-state index >= 15 is 0 Å². The van der Waals surface area contributed by atoms with Gasteiger partial charge in [-0.1, -0.05) is 12.1 Å². The van der Waals surface area contributed by atoms with Crippen molar-refractivity contribution in [2.75, 3.05) is 0 Å². The summed E-state index contributed by atoms with van der Waals surface area (Å²) in [5.41, 5.74) is 22.0. The number of aromatic nitrogens is 3. The van der Waals surface area contributed by atoms with Crippen molar-refractivity contribution < 1.29 is 0 Å². The highest BCUT2D eigenvalue weighted by atomic mass is 14.7. The lowest BCUT2D eigenvalue weighted by Gasteiger charge is -2.33. The van der Waals surface area contributed by atoms with Gasteiger partial charge in [-0.25, -0.2) is 0 Å². The van der Waals surface area contributed by atoms with E-state index in [1.807, 2.05) is 0 Å². The average Bonchev–Trinajstić information content (AvgIpc) is 3.29. The first-order chi connectivity index (χ1) is 31.7. The minimum absolute atomic E-state index is 1.02. The Morgan fingerprint density at radius 2 is 0.500 bits per heavy atom. The Morgan fingerprint density at radius 3 is 1.00 bits per heavy atom. The Morgan fingerprint density at radius 1 is 0.197 bits per heavy atom. The maximum atomic E-state index is 5.43. The van der Waals surface area contributed by atoms with Crippen molar-refractivity contribution >= 4 is 162 Å². The molecule has 0 aliphatic rings. The van der Waals surface area contributed by atoms with Crippen molar-refractivity contribution in [1.29, 1.82) is 0 Å². The standard InChI is InChI=1S/C63H47N3/c1-20-15-16-34-41(24(20)5)44-32(13)39-30(11)37-27(8)29(10)43-36-23(4)19-66-63-60(36)54-45(46-25(6)21(2)17-65-62(46)63)33(14)40-31(12)38-26(7)28(9)42-35-22(3)18-64-61(34)59(35)53(44)57-49(39)55-48(37)52(43)58(54)50(40)56(55)47(38)51(42)57/h15-19H,1-14H3. The molecule has 66 heavy (non-hydrogen) atoms. The number of pyridine rings is 3. The van der Waals surface area contributed by atoms with E-state index in [1.165, 1.54) is 223 Å². The molecule has 0 aliphatic heterocycles. The number of hydrogen-bond donors (Lipinski definition) is 0. The summed E-state index contributed by atoms with van der Waals surface area (Å²) >= 11 is 0. The van der Waals surface area contributed by atoms with Gasteiger partial charge in [-0.15, -0.1) is 0 Å². The minimum atomic E-state index is 1.02. The fraction of sp³-hybridized carbons (Fsp3) is 0.222. The van der Waals surface area contributed by atoms with Gasteiger partial charge in [-0.2, -0.15) is 0 Å². The maximum Gasteiger partial charge on any atom is 0.0977 e. The van der Waals surface area contributed by atoms with Crippen molar-refractivity contribution in [2.24, 2.45) is 0 Å². The molecule has 3 heteroatoms. The average molecular weight is 846 g/mol. The van der Waals surface area contributed by atoms with Crippen LogP contribution < -0.4 is 0 Å². The monoisotopic (exact) mass is 845 g/mol. The van der Waals surface area contributed by atoms with Gasteiger partial charge in [0.05, 0.1) is 16.6 Å². The number of benzene rings is 13. The molecule has 0 N–H and O–H groups in total. The molecular weight excluding hydrogens is 799 g/mol. The summed E-state index contributed by atoms with van der Waals surface area (Å²) in [6, 6.07) is 4.69. The summed E-state index contributed by atoms with van der Waals surface area (Å²) < 4.78 is 0. The van der Waals surface area contributed by atoms with Crippen LogP contribution in [0.4, 0.5) is 0 Å². The lowest BCUT2D eigenvalue weighted by Crippen LogP contribution is -2.07. The van der Waals surface area contributed by atoms with Crippen LogP contribution in [0.2, 0.25) is 0 Å². The van der Waals surface area contributed by atoms with Crippen LogP contribution >= 0.6 is 0 Å². The fourth-order valence-electron chi connectivity index (χ4n) is 15.6. The smallest absolute Gasteiger partial charge is 0.0977 e. The van der Waals surface area contributed by atoms with Gasteiger partial charge in [0, 0.05) is 61.7 Å². The minimum Gasteiger partial charge on any atom is -0.255 e. The van der Waals surface area contributed by atoms with Crippen LogP contribution in [0.3, 0.4) is 0 Å². The predicted molar refractivity (Wildman–Crippen MR) is 287 cm³/mol. The van der Waals surface area contributed by atoms with Crippen molar-refractivity contribution in [3.05, 3.63) is 109 Å². The Labute approximate surface area is 380 Å². The van der Waals surface area contributed by atoms with Gasteiger partial charge in [0.2, 0.25) is 0 Å². The third-order valence-electron chi connectivity index (χ3n) is 18.7. The first-order valence-corrected chi connectivity index (χ1v) is 24.0. The summed E-state index contributed by atoms with van der Waals surface area (Å²) in [5.74, 6) is 0. The quantitative estimate of drug-likeness (QED) is 0.113. The SMILES string of the molecule is Cc1ccc2c3ncc(C)c4c5c(C)c(C)c6c(C)c7c(C)c8c9c(C)c(C)cnc9c9ncc(C)c%10c%11c(C)c(C)c%12c(C)c%13c(C)c(c2c1C)c(c34)c1c%13c2c%12c%11c(c7c2c6c51)c8c9%10. The summed E-state index contributed by atoms with van der Waals surface area (Å²) in [6.45, 7) is 33.3. The molecule has 16 aromatic rings. The molecule has 0 radical (unpaired) electrons. The van der Waals surface area contributed by atoms with Gasteiger partial charge in [0.15, 0.2) is 0 Å². The van der Waals surface area contributed by atoms with Crippen LogP contribution in [0.1, 0.15) is 77.9 Å². The predicted octanol–water partition coefficient (Wildman–Crippen LogP) is 17.6. The van der Waals surface area contributed by atoms with Gasteiger partial charge >= 0.3 is 0 Å². The summed E-state index contributed by atoms with van der Waals surface area (Å²) in [5, 5.41) is 37.8. The second-order valence-electron chi connectivity index (χ2n) is 21.3. The molecule has 314 valence electrons. The third kappa shape index (κ3) is 3.30. The second-order valence-corrected chi connectivity index (χ2v) is 21.3. The first kappa shape index (κ1) is 36.3. The lowest BCUT2D eigenvalue weighted by molar-refractivity contribution is 1.28. The van der Waals surface area contributed by atoms with E-state index < -0.39 is 0 Å². The van der Waals surface area contributed by atoms with Crippen LogP contribution in [0.25, 0.3) is 162 Å². The van der Waals surface area contributed by atoms with E-state index in [-0.39, 0.29) is 0 Å². The molecule has 0 atom stereocenters. The van der Waals surface area contributed by atoms with Gasteiger partial charge < -0.3 is 0 Å². The maximum absolute atomic E-state index is 5.43. The lowest BCUT2D eigenvalue weighted by atomic mass is 9.69. The Hall–Kier alpha value is -6.97. The number of aryl methyl sites for hydroxylation is 14. The number of rotatable bonds is 0. The fourth-order valence-corrected chi connectivity index (χ4v) is 15.6. The van der Waals surface area contributed by atoms with E-state index in [1.54, 1.807) is 0 Å². The normalized spacial score (nSPS) is 13.6. The van der Waals surface area contributed by atoms with Crippen LogP contribution in [0, 0.1) is 96.9 Å². The largest absolute Gasteiger partial charge is 0.255 e. The molecule has 13 aromatic carbocycles. The number of nitrogens with zero attached hydrogens (tertiary/aromatic N) is 3. The van der Waals surface area contributed by atoms with Crippen molar-refractivity contribution in [1.82, 2.24) is 15.0 Å². The van der Waals surface area contributed by atoms with E-state index in [9.17, 15) is 0 Å². The third-order valence-corrected chi connectivity index (χ3v) is 18.7. The van der Waals surface area contributed by atoms with Gasteiger partial charge in [-0.3, -0.25) is 15.0 Å². The van der Waals surface area contributed by atoms with E-state index in [4.69, 9.17) is 15.0 Å². The van der Waals surface area contributed by atoms with Gasteiger partial charge in [0.1, 0.15) is 0 Å². The summed E-state index contributed by atoms with van der Waals surface area (Å²) in [6.07, 6.45) is 6.38. The Bertz CT molecular complexity index is 4720. The molecule has 0 spiro atoms. The zero-order chi connectivity index (χ0) is 45.1. The summed E-state index contributed by atoms with van der Waals surface area (Å²) in [7, 11) is 0. The van der Waals surface area contributed by atoms with E-state index in [0.717, 1.165) is 16.6 Å². The Balaban J connectivity index is 1.41. The Kier molecular flexibility index (Phi) is 5.86. The van der Waals surface area contributed by atoms with Gasteiger partial charge in [0.25, 0.3) is 0 Å². The molecule has 0 saturated heterocycles. The zero-order valence-electron chi connectivity index (χ0n) is 40.2. The molecule has 0 amide bonds. The van der Waals surface area contributed by atoms with Crippen molar-refractivity contribution in [3.63, 3.8) is 0 Å². The molecule has 0 unspecified atom stereocenters. The summed E-state index contributed by atoms with van der Waals surface area (Å²) in [4.78, 5) is 16.1. The molecule has 3 nitrogen and oxygen atoms in total. The highest BCUT2D eigenvalue weighted by Gasteiger charge is 2.37. The first-order valence-electron chi connectivity index (χ1n) is 24.0. The van der Waals surface area contributed by atoms with Crippen LogP contribution in [0.15, 0.2) is 30.7 Å². The van der Waals surface area contributed by atoms with Crippen molar-refractivity contribution in [2.45, 2.75) is 96.9 Å². The number of fused-ring (bicyclic) bond motifs is 8. The molecular formula is C63H47N3. The van der Waals surface area contributed by atoms with E-state index in [2.05, 4.69) is 128 Å². The molecule has 3 heterocycles. The highest BCUT2D eigenvalue weighted by Crippen LogP contribution is 2.64. The molecule has 0 saturated carbocycles. The van der Waals surface area contributed by atoms with E-state index in [0.29, 0.717) is 0 Å². The highest BCUT2D eigenvalue weighted by molar-refractivity contribution is 6.61. The van der Waals surface area contributed by atoms with Crippen LogP contribution in [-0.2, 0) is 0 Å². The second kappa shape index (κ2) is 10.7. The topological polar surface area (TPSA) is 38.7 Å². The zero-order valence-corrected chi connectivity index (χ0v) is 40.2. The molecule has 3 aromatic heterocycles. The molecule has 16 rings (SSSR count). The van der Waals surface area contributed by atoms with Crippen molar-refractivity contribution in [3.8, 4) is 0 Å². The van der Waals surface area contributed by atoms with Gasteiger partial charge in [-0.05, 0) is 277 Å².